The molecule has 10 nitrogen and oxygen atoms in total. The lowest BCUT2D eigenvalue weighted by Gasteiger charge is -2.08. The maximum Gasteiger partial charge on any atom is 0.332 e. The van der Waals surface area contributed by atoms with E-state index in [4.69, 9.17) is 5.11 Å². The highest BCUT2D eigenvalue weighted by molar-refractivity contribution is 5.81. The van der Waals surface area contributed by atoms with Crippen LogP contribution in [0.25, 0.3) is 11.2 Å². The Morgan fingerprint density at radius 1 is 1.33 bits per heavy atom. The Morgan fingerprint density at radius 3 is 2.62 bits per heavy atom. The average Bonchev–Trinajstić information content (AvgIpc) is 2.81. The molecular weight excluding hydrogens is 282 g/mol. The lowest BCUT2D eigenvalue weighted by molar-refractivity contribution is -0.138. The molecular formula is C11H13N5O5. The van der Waals surface area contributed by atoms with Gasteiger partial charge in [0.1, 0.15) is 13.1 Å². The largest absolute Gasteiger partial charge is 0.480 e. The number of amides is 1. The van der Waals surface area contributed by atoms with E-state index in [2.05, 4.69) is 10.3 Å². The molecule has 0 aliphatic carbocycles. The molecule has 0 spiro atoms. The van der Waals surface area contributed by atoms with Crippen LogP contribution in [0.5, 0.6) is 0 Å². The third-order valence-corrected chi connectivity index (χ3v) is 2.94. The maximum absolute atomic E-state index is 12.2. The highest BCUT2D eigenvalue weighted by Crippen LogP contribution is 2.02. The summed E-state index contributed by atoms with van der Waals surface area (Å²) in [5, 5.41) is 10.6. The van der Waals surface area contributed by atoms with Crippen molar-refractivity contribution in [3.63, 3.8) is 0 Å². The zero-order valence-electron chi connectivity index (χ0n) is 11.4. The summed E-state index contributed by atoms with van der Waals surface area (Å²) in [6.07, 6.45) is 1.39. The monoisotopic (exact) mass is 295 g/mol. The first-order valence-electron chi connectivity index (χ1n) is 5.92. The van der Waals surface area contributed by atoms with E-state index in [0.717, 1.165) is 9.13 Å². The molecule has 2 aromatic heterocycles. The summed E-state index contributed by atoms with van der Waals surface area (Å²) in [6.45, 7) is -1.14. The number of nitrogens with one attached hydrogen (secondary N) is 1. The highest BCUT2D eigenvalue weighted by Gasteiger charge is 2.16. The van der Waals surface area contributed by atoms with Crippen molar-refractivity contribution in [3.8, 4) is 0 Å². The molecule has 0 aromatic carbocycles. The molecule has 0 bridgehead atoms. The van der Waals surface area contributed by atoms with Crippen LogP contribution in [0.1, 0.15) is 0 Å². The van der Waals surface area contributed by atoms with E-state index in [1.807, 2.05) is 0 Å². The van der Waals surface area contributed by atoms with Crippen LogP contribution in [0.3, 0.4) is 0 Å². The summed E-state index contributed by atoms with van der Waals surface area (Å²) in [5.74, 6) is -1.95. The Balaban J connectivity index is 2.47. The zero-order valence-corrected chi connectivity index (χ0v) is 11.4. The van der Waals surface area contributed by atoms with Gasteiger partial charge in [-0.1, -0.05) is 0 Å². The summed E-state index contributed by atoms with van der Waals surface area (Å²) in [4.78, 5) is 50.2. The number of carboxylic acid groups (broad SMARTS) is 1. The molecule has 0 radical (unpaired) electrons. The number of imidazole rings is 1. The fourth-order valence-corrected chi connectivity index (χ4v) is 1.91. The van der Waals surface area contributed by atoms with Gasteiger partial charge in [0.05, 0.1) is 6.33 Å². The van der Waals surface area contributed by atoms with E-state index in [0.29, 0.717) is 0 Å². The van der Waals surface area contributed by atoms with Gasteiger partial charge >= 0.3 is 11.7 Å². The SMILES string of the molecule is Cn1cnc2c1c(=O)n(CC(=O)NCC(=O)O)c(=O)n2C. The third kappa shape index (κ3) is 2.55. The quantitative estimate of drug-likeness (QED) is 0.649. The van der Waals surface area contributed by atoms with E-state index in [-0.39, 0.29) is 11.2 Å². The molecule has 0 saturated heterocycles. The van der Waals surface area contributed by atoms with Crippen molar-refractivity contribution in [3.05, 3.63) is 27.2 Å². The van der Waals surface area contributed by atoms with E-state index in [1.54, 1.807) is 7.05 Å². The average molecular weight is 295 g/mol. The number of aliphatic carboxylic acids is 1. The van der Waals surface area contributed by atoms with Crippen LogP contribution in [0.15, 0.2) is 15.9 Å². The Morgan fingerprint density at radius 2 is 2.00 bits per heavy atom. The predicted octanol–water partition coefficient (Wildman–Crippen LogP) is -2.37. The second-order valence-corrected chi connectivity index (χ2v) is 4.43. The second kappa shape index (κ2) is 5.23. The molecule has 2 heterocycles. The summed E-state index contributed by atoms with van der Waals surface area (Å²) < 4.78 is 3.34. The molecule has 1 amide bonds. The zero-order chi connectivity index (χ0) is 15.7. The molecule has 10 heteroatoms. The molecule has 0 atom stereocenters. The van der Waals surface area contributed by atoms with Gasteiger partial charge in [0, 0.05) is 14.1 Å². The summed E-state index contributed by atoms with van der Waals surface area (Å²) >= 11 is 0. The molecule has 2 aromatic rings. The van der Waals surface area contributed by atoms with Crippen LogP contribution in [0.4, 0.5) is 0 Å². The van der Waals surface area contributed by atoms with Crippen LogP contribution >= 0.6 is 0 Å². The van der Waals surface area contributed by atoms with Gasteiger partial charge in [-0.25, -0.2) is 14.3 Å². The van der Waals surface area contributed by atoms with Crippen molar-refractivity contribution < 1.29 is 14.7 Å². The molecule has 2 rings (SSSR count). The van der Waals surface area contributed by atoms with Gasteiger partial charge in [-0.3, -0.25) is 19.0 Å². The normalized spacial score (nSPS) is 10.8. The van der Waals surface area contributed by atoms with Gasteiger partial charge in [-0.15, -0.1) is 0 Å². The first kappa shape index (κ1) is 14.5. The van der Waals surface area contributed by atoms with Crippen molar-refractivity contribution in [1.29, 1.82) is 0 Å². The maximum atomic E-state index is 12.2. The number of aryl methyl sites for hydroxylation is 2. The first-order chi connectivity index (χ1) is 9.82. The van der Waals surface area contributed by atoms with E-state index in [1.165, 1.54) is 17.9 Å². The van der Waals surface area contributed by atoms with Crippen molar-refractivity contribution >= 4 is 23.0 Å². The fourth-order valence-electron chi connectivity index (χ4n) is 1.91. The second-order valence-electron chi connectivity index (χ2n) is 4.43. The number of carbonyl (C=O) groups excluding carboxylic acids is 1. The van der Waals surface area contributed by atoms with Crippen molar-refractivity contribution in [1.82, 2.24) is 24.0 Å². The fraction of sp³-hybridized carbons (Fsp3) is 0.364. The molecule has 112 valence electrons. The summed E-state index contributed by atoms with van der Waals surface area (Å²) in [7, 11) is 3.03. The lowest BCUT2D eigenvalue weighted by Crippen LogP contribution is -2.44. The Labute approximate surface area is 117 Å². The van der Waals surface area contributed by atoms with Gasteiger partial charge in [0.15, 0.2) is 11.2 Å². The number of hydrogen-bond acceptors (Lipinski definition) is 5. The Bertz CT molecular complexity index is 843. The molecule has 0 aliphatic rings. The van der Waals surface area contributed by atoms with Crippen molar-refractivity contribution in [2.24, 2.45) is 14.1 Å². The Kier molecular flexibility index (Phi) is 3.61. The van der Waals surface area contributed by atoms with Gasteiger partial charge in [-0.05, 0) is 0 Å². The number of carboxylic acids is 1. The van der Waals surface area contributed by atoms with E-state index >= 15 is 0 Å². The minimum absolute atomic E-state index is 0.183. The Hall–Kier alpha value is -2.91. The molecule has 21 heavy (non-hydrogen) atoms. The summed E-state index contributed by atoms with van der Waals surface area (Å²) in [5.41, 5.74) is -0.951. The van der Waals surface area contributed by atoms with Crippen LogP contribution in [-0.4, -0.2) is 42.2 Å². The number of aromatic nitrogens is 4. The van der Waals surface area contributed by atoms with Gasteiger partial charge in [0.25, 0.3) is 5.56 Å². The number of nitrogens with zero attached hydrogens (tertiary/aromatic N) is 4. The molecule has 0 fully saturated rings. The minimum Gasteiger partial charge on any atom is -0.480 e. The van der Waals surface area contributed by atoms with Crippen LogP contribution in [0.2, 0.25) is 0 Å². The van der Waals surface area contributed by atoms with Gasteiger partial charge in [-0.2, -0.15) is 0 Å². The molecule has 0 saturated carbocycles. The predicted molar refractivity (Wildman–Crippen MR) is 70.9 cm³/mol. The van der Waals surface area contributed by atoms with Gasteiger partial charge in [0.2, 0.25) is 5.91 Å². The van der Waals surface area contributed by atoms with Crippen molar-refractivity contribution in [2.45, 2.75) is 6.54 Å². The van der Waals surface area contributed by atoms with Crippen LogP contribution < -0.4 is 16.6 Å². The van der Waals surface area contributed by atoms with E-state index in [9.17, 15) is 19.2 Å². The molecule has 0 aliphatic heterocycles. The standard InChI is InChI=1S/C11H13N5O5/c1-14-5-13-9-8(14)10(20)16(11(21)15(9)2)4-6(17)12-3-7(18)19/h5H,3-4H2,1-2H3,(H,12,17)(H,18,19). The lowest BCUT2D eigenvalue weighted by atomic mass is 10.4. The number of rotatable bonds is 4. The minimum atomic E-state index is -1.22. The third-order valence-electron chi connectivity index (χ3n) is 2.94. The molecule has 0 unspecified atom stereocenters. The number of hydrogen-bond donors (Lipinski definition) is 2. The number of fused-ring (bicyclic) bond motifs is 1. The highest BCUT2D eigenvalue weighted by atomic mass is 16.4. The first-order valence-corrected chi connectivity index (χ1v) is 5.92. The van der Waals surface area contributed by atoms with E-state index < -0.39 is 36.2 Å². The molecule has 2 N–H and O–H groups in total. The topological polar surface area (TPSA) is 128 Å². The van der Waals surface area contributed by atoms with Crippen LogP contribution in [0, 0.1) is 0 Å². The smallest absolute Gasteiger partial charge is 0.332 e. The van der Waals surface area contributed by atoms with Crippen molar-refractivity contribution in [2.75, 3.05) is 6.54 Å². The summed E-state index contributed by atoms with van der Waals surface area (Å²) in [6, 6.07) is 0. The van der Waals surface area contributed by atoms with Crippen LogP contribution in [-0.2, 0) is 30.2 Å². The van der Waals surface area contributed by atoms with Gasteiger partial charge < -0.3 is 15.0 Å². The number of carbonyl (C=O) groups is 2.